The third-order valence-electron chi connectivity index (χ3n) is 2.51. The fraction of sp³-hybridized carbons (Fsp3) is 0.556. The van der Waals surface area contributed by atoms with Gasteiger partial charge in [-0.2, -0.15) is 0 Å². The van der Waals surface area contributed by atoms with E-state index in [4.69, 9.17) is 0 Å². The van der Waals surface area contributed by atoms with Crippen LogP contribution in [0.5, 0.6) is 0 Å². The zero-order chi connectivity index (χ0) is 9.42. The molecule has 0 fully saturated rings. The molecule has 0 saturated heterocycles. The number of ketones is 1. The van der Waals surface area contributed by atoms with Gasteiger partial charge in [0.15, 0.2) is 5.69 Å². The second kappa shape index (κ2) is 2.87. The highest BCUT2D eigenvalue weighted by Gasteiger charge is 2.31. The molecule has 0 aliphatic heterocycles. The lowest BCUT2D eigenvalue weighted by Gasteiger charge is -2.06. The Labute approximate surface area is 76.4 Å². The molecule has 4 nitrogen and oxygen atoms in total. The van der Waals surface area contributed by atoms with Gasteiger partial charge in [0, 0.05) is 12.8 Å². The number of imidazole rings is 1. The number of aromatic nitrogens is 2. The maximum absolute atomic E-state index is 11.5. The fourth-order valence-electron chi connectivity index (χ4n) is 1.86. The van der Waals surface area contributed by atoms with Crippen molar-refractivity contribution in [1.29, 1.82) is 0 Å². The molecule has 70 valence electrons. The van der Waals surface area contributed by atoms with Gasteiger partial charge >= 0.3 is 0 Å². The van der Waals surface area contributed by atoms with Gasteiger partial charge in [-0.3, -0.25) is 4.79 Å². The molecule has 1 aliphatic carbocycles. The lowest BCUT2D eigenvalue weighted by Crippen LogP contribution is -2.38. The lowest BCUT2D eigenvalue weighted by molar-refractivity contribution is -0.696. The number of rotatable bonds is 1. The Bertz CT molecular complexity index is 355. The fourth-order valence-corrected chi connectivity index (χ4v) is 1.86. The molecule has 0 spiro atoms. The van der Waals surface area contributed by atoms with Crippen molar-refractivity contribution >= 4 is 5.78 Å². The van der Waals surface area contributed by atoms with Crippen molar-refractivity contribution in [3.63, 3.8) is 0 Å². The topological polar surface area (TPSA) is 46.1 Å². The first-order valence-corrected chi connectivity index (χ1v) is 4.60. The van der Waals surface area contributed by atoms with Crippen molar-refractivity contribution in [3.8, 4) is 0 Å². The van der Waals surface area contributed by atoms with Crippen LogP contribution < -0.4 is 4.57 Å². The van der Waals surface area contributed by atoms with Crippen molar-refractivity contribution in [2.24, 2.45) is 0 Å². The Balaban J connectivity index is 2.58. The number of carbonyl (C=O) groups is 1. The van der Waals surface area contributed by atoms with Gasteiger partial charge in [-0.15, -0.1) is 0 Å². The third kappa shape index (κ3) is 1.13. The van der Waals surface area contributed by atoms with Crippen LogP contribution >= 0.6 is 0 Å². The first kappa shape index (κ1) is 8.29. The molecule has 0 bridgehead atoms. The number of aryl methyl sites for hydroxylation is 1. The van der Waals surface area contributed by atoms with E-state index in [9.17, 15) is 10.0 Å². The highest BCUT2D eigenvalue weighted by Crippen LogP contribution is 2.17. The summed E-state index contributed by atoms with van der Waals surface area (Å²) < 4.78 is 2.88. The maximum atomic E-state index is 11.5. The highest BCUT2D eigenvalue weighted by atomic mass is 16.5. The van der Waals surface area contributed by atoms with Crippen molar-refractivity contribution in [2.75, 3.05) is 0 Å². The average Bonchev–Trinajstić information content (AvgIpc) is 2.45. The molecule has 1 heterocycles. The minimum absolute atomic E-state index is 0.149. The number of carbonyl (C=O) groups excluding carboxylic acids is 1. The lowest BCUT2D eigenvalue weighted by atomic mass is 10.00. The largest absolute Gasteiger partial charge is 0.350 e. The minimum Gasteiger partial charge on any atom is -0.350 e. The SMILES string of the molecule is CC[n+]1cn(O)c2c1C(=O)CCC2. The van der Waals surface area contributed by atoms with E-state index in [1.54, 1.807) is 10.9 Å². The summed E-state index contributed by atoms with van der Waals surface area (Å²) >= 11 is 0. The summed E-state index contributed by atoms with van der Waals surface area (Å²) in [5.41, 5.74) is 1.45. The second-order valence-corrected chi connectivity index (χ2v) is 3.32. The number of fused-ring (bicyclic) bond motifs is 1. The molecule has 1 N–H and O–H groups in total. The molecule has 1 aromatic heterocycles. The van der Waals surface area contributed by atoms with Crippen LogP contribution in [0.15, 0.2) is 6.33 Å². The van der Waals surface area contributed by atoms with Gasteiger partial charge in [0.1, 0.15) is 0 Å². The van der Waals surface area contributed by atoms with E-state index in [-0.39, 0.29) is 5.78 Å². The number of hydrogen-bond donors (Lipinski definition) is 1. The normalized spacial score (nSPS) is 15.9. The van der Waals surface area contributed by atoms with E-state index in [1.807, 2.05) is 6.92 Å². The quantitative estimate of drug-likeness (QED) is 0.508. The van der Waals surface area contributed by atoms with Crippen LogP contribution in [-0.4, -0.2) is 15.7 Å². The van der Waals surface area contributed by atoms with Gasteiger partial charge < -0.3 is 5.21 Å². The molecule has 0 aromatic carbocycles. The van der Waals surface area contributed by atoms with E-state index < -0.39 is 0 Å². The Morgan fingerprint density at radius 2 is 2.38 bits per heavy atom. The summed E-state index contributed by atoms with van der Waals surface area (Å²) in [6, 6.07) is 0. The highest BCUT2D eigenvalue weighted by molar-refractivity contribution is 5.94. The van der Waals surface area contributed by atoms with Gasteiger partial charge in [-0.1, -0.05) is 4.73 Å². The molecule has 0 unspecified atom stereocenters. The summed E-state index contributed by atoms with van der Waals surface area (Å²) in [4.78, 5) is 11.5. The second-order valence-electron chi connectivity index (χ2n) is 3.32. The van der Waals surface area contributed by atoms with E-state index >= 15 is 0 Å². The smallest absolute Gasteiger partial charge is 0.284 e. The minimum atomic E-state index is 0.149. The Morgan fingerprint density at radius 1 is 1.62 bits per heavy atom. The van der Waals surface area contributed by atoms with Crippen LogP contribution in [-0.2, 0) is 13.0 Å². The first-order chi connectivity index (χ1) is 6.24. The van der Waals surface area contributed by atoms with Crippen molar-refractivity contribution in [3.05, 3.63) is 17.7 Å². The monoisotopic (exact) mass is 181 g/mol. The summed E-state index contributed by atoms with van der Waals surface area (Å²) in [6.07, 6.45) is 3.83. The van der Waals surface area contributed by atoms with Crippen LogP contribution in [0.2, 0.25) is 0 Å². The third-order valence-corrected chi connectivity index (χ3v) is 2.51. The molecular formula is C9H13N2O2+. The maximum Gasteiger partial charge on any atom is 0.284 e. The van der Waals surface area contributed by atoms with Gasteiger partial charge in [0.25, 0.3) is 6.33 Å². The van der Waals surface area contributed by atoms with Gasteiger partial charge in [-0.25, -0.2) is 4.57 Å². The Hall–Kier alpha value is -1.32. The standard InChI is InChI=1S/C9H13N2O2/c1-2-10-6-11(13)7-4-3-5-8(12)9(7)10/h6,13H,2-5H2,1H3/q+1. The molecule has 0 atom stereocenters. The predicted octanol–water partition coefficient (Wildman–Crippen LogP) is 0.552. The predicted molar refractivity (Wildman–Crippen MR) is 44.8 cm³/mol. The molecule has 2 rings (SSSR count). The molecule has 0 radical (unpaired) electrons. The van der Waals surface area contributed by atoms with Crippen LogP contribution in [0, 0.1) is 0 Å². The molecule has 0 amide bonds. The van der Waals surface area contributed by atoms with E-state index in [1.165, 1.54) is 0 Å². The van der Waals surface area contributed by atoms with Gasteiger partial charge in [-0.05, 0) is 13.3 Å². The van der Waals surface area contributed by atoms with Crippen LogP contribution in [0.25, 0.3) is 0 Å². The molecule has 4 heteroatoms. The summed E-state index contributed by atoms with van der Waals surface area (Å²) in [7, 11) is 0. The number of Topliss-reactive ketones (excluding diaryl/α,β-unsaturated/α-hetero) is 1. The van der Waals surface area contributed by atoms with Crippen LogP contribution in [0.3, 0.4) is 0 Å². The van der Waals surface area contributed by atoms with Crippen molar-refractivity contribution in [1.82, 2.24) is 4.73 Å². The zero-order valence-corrected chi connectivity index (χ0v) is 7.66. The zero-order valence-electron chi connectivity index (χ0n) is 7.66. The van der Waals surface area contributed by atoms with E-state index in [0.29, 0.717) is 12.1 Å². The van der Waals surface area contributed by atoms with Crippen molar-refractivity contribution in [2.45, 2.75) is 32.7 Å². The van der Waals surface area contributed by atoms with Crippen molar-refractivity contribution < 1.29 is 14.6 Å². The van der Waals surface area contributed by atoms with Crippen LogP contribution in [0.4, 0.5) is 0 Å². The summed E-state index contributed by atoms with van der Waals surface area (Å²) in [5, 5.41) is 9.47. The number of nitrogens with zero attached hydrogens (tertiary/aromatic N) is 2. The molecule has 1 aliphatic rings. The molecule has 1 aromatic rings. The Kier molecular flexibility index (Phi) is 1.83. The molecular weight excluding hydrogens is 168 g/mol. The average molecular weight is 181 g/mol. The van der Waals surface area contributed by atoms with E-state index in [0.717, 1.165) is 29.8 Å². The first-order valence-electron chi connectivity index (χ1n) is 4.60. The van der Waals surface area contributed by atoms with E-state index in [2.05, 4.69) is 0 Å². The van der Waals surface area contributed by atoms with Gasteiger partial charge in [0.05, 0.1) is 6.54 Å². The molecule has 13 heavy (non-hydrogen) atoms. The number of hydrogen-bond acceptors (Lipinski definition) is 2. The molecule has 0 saturated carbocycles. The van der Waals surface area contributed by atoms with Gasteiger partial charge in [0.2, 0.25) is 11.5 Å². The summed E-state index contributed by atoms with van der Waals surface area (Å²) in [6.45, 7) is 2.68. The van der Waals surface area contributed by atoms with Crippen LogP contribution in [0.1, 0.15) is 35.9 Å². The summed E-state index contributed by atoms with van der Waals surface area (Å²) in [5.74, 6) is 0.149. The Morgan fingerprint density at radius 3 is 3.08 bits per heavy atom.